The Kier molecular flexibility index (Phi) is 3.99. The molecule has 6 heteroatoms. The lowest BCUT2D eigenvalue weighted by molar-refractivity contribution is -0.154. The van der Waals surface area contributed by atoms with Gasteiger partial charge >= 0.3 is 0 Å². The number of morpholine rings is 1. The van der Waals surface area contributed by atoms with Crippen LogP contribution in [0.25, 0.3) is 0 Å². The van der Waals surface area contributed by atoms with Crippen LogP contribution >= 0.6 is 0 Å². The van der Waals surface area contributed by atoms with Gasteiger partial charge in [0.05, 0.1) is 24.9 Å². The van der Waals surface area contributed by atoms with Crippen LogP contribution in [0.4, 0.5) is 0 Å². The average molecular weight is 254 g/mol. The van der Waals surface area contributed by atoms with Crippen molar-refractivity contribution in [2.24, 2.45) is 7.05 Å². The van der Waals surface area contributed by atoms with Crippen molar-refractivity contribution in [1.82, 2.24) is 19.7 Å². The van der Waals surface area contributed by atoms with Crippen LogP contribution in [0, 0.1) is 0 Å². The van der Waals surface area contributed by atoms with Crippen LogP contribution in [0.5, 0.6) is 0 Å². The SMILES string of the molecule is COC[C@@H]1CN(Cc2nncn2C)CC(C)(C)O1. The van der Waals surface area contributed by atoms with Crippen molar-refractivity contribution in [2.45, 2.75) is 32.1 Å². The number of hydrogen-bond acceptors (Lipinski definition) is 5. The zero-order valence-corrected chi connectivity index (χ0v) is 11.6. The number of ether oxygens (including phenoxy) is 2. The molecule has 18 heavy (non-hydrogen) atoms. The van der Waals surface area contributed by atoms with Crippen LogP contribution in [0.15, 0.2) is 6.33 Å². The van der Waals surface area contributed by atoms with Gasteiger partial charge in [-0.3, -0.25) is 4.90 Å². The van der Waals surface area contributed by atoms with Gasteiger partial charge in [0.2, 0.25) is 0 Å². The summed E-state index contributed by atoms with van der Waals surface area (Å²) in [6.07, 6.45) is 1.85. The van der Waals surface area contributed by atoms with Crippen LogP contribution in [0.2, 0.25) is 0 Å². The second kappa shape index (κ2) is 5.34. The molecule has 1 aliphatic heterocycles. The minimum absolute atomic E-state index is 0.118. The molecule has 0 aromatic carbocycles. The van der Waals surface area contributed by atoms with E-state index in [1.807, 2.05) is 11.6 Å². The molecule has 0 aliphatic carbocycles. The Morgan fingerprint density at radius 2 is 2.33 bits per heavy atom. The summed E-state index contributed by atoms with van der Waals surface area (Å²) in [5.74, 6) is 0.976. The second-order valence-corrected chi connectivity index (χ2v) is 5.48. The van der Waals surface area contributed by atoms with Gasteiger partial charge in [-0.2, -0.15) is 0 Å². The molecule has 0 amide bonds. The first-order valence-electron chi connectivity index (χ1n) is 6.22. The molecule has 0 N–H and O–H groups in total. The Labute approximate surface area is 108 Å². The summed E-state index contributed by atoms with van der Waals surface area (Å²) in [6.45, 7) is 7.39. The first-order valence-corrected chi connectivity index (χ1v) is 6.22. The van der Waals surface area contributed by atoms with Crippen LogP contribution in [0.3, 0.4) is 0 Å². The number of rotatable bonds is 4. The Morgan fingerprint density at radius 3 is 2.94 bits per heavy atom. The minimum Gasteiger partial charge on any atom is -0.382 e. The molecule has 0 saturated carbocycles. The van der Waals surface area contributed by atoms with Crippen molar-refractivity contribution in [2.75, 3.05) is 26.8 Å². The molecule has 0 unspecified atom stereocenters. The lowest BCUT2D eigenvalue weighted by Gasteiger charge is -2.42. The third-order valence-corrected chi connectivity index (χ3v) is 3.07. The summed E-state index contributed by atoms with van der Waals surface area (Å²) < 4.78 is 13.1. The Balaban J connectivity index is 2.01. The quantitative estimate of drug-likeness (QED) is 0.780. The number of methoxy groups -OCH3 is 1. The van der Waals surface area contributed by atoms with Crippen molar-refractivity contribution in [1.29, 1.82) is 0 Å². The molecule has 0 radical (unpaired) electrons. The van der Waals surface area contributed by atoms with Crippen molar-refractivity contribution >= 4 is 0 Å². The van der Waals surface area contributed by atoms with Gasteiger partial charge in [0.1, 0.15) is 12.2 Å². The predicted octanol–water partition coefficient (Wildman–Crippen LogP) is 0.441. The molecule has 1 saturated heterocycles. The van der Waals surface area contributed by atoms with Gasteiger partial charge in [-0.1, -0.05) is 0 Å². The van der Waals surface area contributed by atoms with E-state index in [0.717, 1.165) is 25.5 Å². The molecule has 2 heterocycles. The van der Waals surface area contributed by atoms with E-state index in [1.165, 1.54) is 0 Å². The van der Waals surface area contributed by atoms with Crippen LogP contribution < -0.4 is 0 Å². The zero-order valence-electron chi connectivity index (χ0n) is 11.6. The topological polar surface area (TPSA) is 52.4 Å². The number of nitrogens with zero attached hydrogens (tertiary/aromatic N) is 4. The highest BCUT2D eigenvalue weighted by Gasteiger charge is 2.33. The summed E-state index contributed by atoms with van der Waals surface area (Å²) in [6, 6.07) is 0. The van der Waals surface area contributed by atoms with Gasteiger partial charge in [0, 0.05) is 27.2 Å². The second-order valence-electron chi connectivity index (χ2n) is 5.48. The summed E-state index contributed by atoms with van der Waals surface area (Å²) >= 11 is 0. The van der Waals surface area contributed by atoms with Crippen LogP contribution in [-0.2, 0) is 23.1 Å². The monoisotopic (exact) mass is 254 g/mol. The van der Waals surface area contributed by atoms with E-state index in [1.54, 1.807) is 13.4 Å². The molecule has 1 fully saturated rings. The maximum atomic E-state index is 5.98. The first kappa shape index (κ1) is 13.5. The van der Waals surface area contributed by atoms with Gasteiger partial charge < -0.3 is 14.0 Å². The minimum atomic E-state index is -0.153. The first-order chi connectivity index (χ1) is 8.50. The van der Waals surface area contributed by atoms with Crippen molar-refractivity contribution in [3.8, 4) is 0 Å². The van der Waals surface area contributed by atoms with Crippen molar-refractivity contribution in [3.05, 3.63) is 12.2 Å². The highest BCUT2D eigenvalue weighted by molar-refractivity contribution is 4.90. The predicted molar refractivity (Wildman–Crippen MR) is 67.1 cm³/mol. The lowest BCUT2D eigenvalue weighted by Crippen LogP contribution is -2.53. The number of aryl methyl sites for hydroxylation is 1. The van der Waals surface area contributed by atoms with Crippen molar-refractivity contribution < 1.29 is 9.47 Å². The number of aromatic nitrogens is 3. The Hall–Kier alpha value is -0.980. The molecule has 1 aliphatic rings. The lowest BCUT2D eigenvalue weighted by atomic mass is 10.1. The van der Waals surface area contributed by atoms with Crippen molar-refractivity contribution in [3.63, 3.8) is 0 Å². The van der Waals surface area contributed by atoms with E-state index in [9.17, 15) is 0 Å². The fourth-order valence-corrected chi connectivity index (χ4v) is 2.46. The molecular weight excluding hydrogens is 232 g/mol. The van der Waals surface area contributed by atoms with Gasteiger partial charge in [-0.05, 0) is 13.8 Å². The van der Waals surface area contributed by atoms with Crippen LogP contribution in [-0.4, -0.2) is 58.2 Å². The normalized spacial score (nSPS) is 24.3. The molecule has 0 spiro atoms. The molecule has 1 aromatic rings. The molecule has 102 valence electrons. The Bertz CT molecular complexity index is 391. The molecule has 6 nitrogen and oxygen atoms in total. The Morgan fingerprint density at radius 1 is 1.56 bits per heavy atom. The maximum Gasteiger partial charge on any atom is 0.146 e. The highest BCUT2D eigenvalue weighted by Crippen LogP contribution is 2.22. The summed E-state index contributed by atoms with van der Waals surface area (Å²) in [5, 5.41) is 8.04. The van der Waals surface area contributed by atoms with Gasteiger partial charge in [-0.25, -0.2) is 0 Å². The van der Waals surface area contributed by atoms with E-state index in [0.29, 0.717) is 6.61 Å². The van der Waals surface area contributed by atoms with E-state index >= 15 is 0 Å². The third-order valence-electron chi connectivity index (χ3n) is 3.07. The summed E-state index contributed by atoms with van der Waals surface area (Å²) in [7, 11) is 3.67. The zero-order chi connectivity index (χ0) is 13.2. The van der Waals surface area contributed by atoms with Gasteiger partial charge in [-0.15, -0.1) is 10.2 Å². The summed E-state index contributed by atoms with van der Waals surface area (Å²) in [4.78, 5) is 2.34. The standard InChI is InChI=1S/C12H22N4O2/c1-12(2)8-16(5-10(18-12)7-17-4)6-11-14-13-9-15(11)3/h9-10H,5-8H2,1-4H3/t10-/m0/s1. The maximum absolute atomic E-state index is 5.98. The highest BCUT2D eigenvalue weighted by atomic mass is 16.5. The third kappa shape index (κ3) is 3.28. The smallest absolute Gasteiger partial charge is 0.146 e. The fraction of sp³-hybridized carbons (Fsp3) is 0.833. The van der Waals surface area contributed by atoms with Crippen LogP contribution in [0.1, 0.15) is 19.7 Å². The average Bonchev–Trinajstić information content (AvgIpc) is 2.62. The van der Waals surface area contributed by atoms with Gasteiger partial charge in [0.25, 0.3) is 0 Å². The van der Waals surface area contributed by atoms with E-state index in [2.05, 4.69) is 28.9 Å². The molecule has 1 aromatic heterocycles. The molecule has 0 bridgehead atoms. The van der Waals surface area contributed by atoms with E-state index < -0.39 is 0 Å². The van der Waals surface area contributed by atoms with E-state index in [-0.39, 0.29) is 11.7 Å². The molecular formula is C12H22N4O2. The van der Waals surface area contributed by atoms with Gasteiger partial charge in [0.15, 0.2) is 0 Å². The molecule has 1 atom stereocenters. The largest absolute Gasteiger partial charge is 0.382 e. The molecule has 2 rings (SSSR count). The number of hydrogen-bond donors (Lipinski definition) is 0. The fourth-order valence-electron chi connectivity index (χ4n) is 2.46. The summed E-state index contributed by atoms with van der Waals surface area (Å²) in [5.41, 5.74) is -0.153. The van der Waals surface area contributed by atoms with E-state index in [4.69, 9.17) is 9.47 Å².